The van der Waals surface area contributed by atoms with Crippen molar-refractivity contribution in [1.29, 1.82) is 0 Å². The molecule has 7 heteroatoms. The number of methoxy groups -OCH3 is 1. The number of hydrogen-bond donors (Lipinski definition) is 1. The number of aliphatic hydroxyl groups excluding tert-OH is 1. The summed E-state index contributed by atoms with van der Waals surface area (Å²) in [4.78, 5) is 12.9. The van der Waals surface area contributed by atoms with Crippen LogP contribution >= 0.6 is 0 Å². The molecule has 0 unspecified atom stereocenters. The summed E-state index contributed by atoms with van der Waals surface area (Å²) >= 11 is 0. The molecule has 2 rings (SSSR count). The molecule has 0 heterocycles. The first kappa shape index (κ1) is 25.8. The first-order chi connectivity index (χ1) is 15.0. The highest BCUT2D eigenvalue weighted by Crippen LogP contribution is 2.35. The van der Waals surface area contributed by atoms with Crippen molar-refractivity contribution in [3.05, 3.63) is 85.0 Å². The first-order valence-corrected chi connectivity index (χ1v) is 15.2. The monoisotopic (exact) mass is 472 g/mol. The number of hydrogen-bond acceptors (Lipinski definition) is 5. The summed E-state index contributed by atoms with van der Waals surface area (Å²) < 4.78 is 30.2. The molecule has 5 nitrogen and oxygen atoms in total. The number of aryl methyl sites for hydroxylation is 1. The van der Waals surface area contributed by atoms with E-state index in [4.69, 9.17) is 4.74 Å². The smallest absolute Gasteiger partial charge is 0.311 e. The van der Waals surface area contributed by atoms with Gasteiger partial charge in [-0.15, -0.1) is 6.58 Å². The fraction of sp³-hybridized carbons (Fsp3) is 0.320. The van der Waals surface area contributed by atoms with E-state index in [9.17, 15) is 18.3 Å². The van der Waals surface area contributed by atoms with Crippen LogP contribution in [0.5, 0.6) is 0 Å². The number of rotatable bonds is 10. The SMILES string of the molecule is C=C[C@H]([C@H](C(=O)OC)[C@@H](O)/C=C/CS(=O)(=O)c1ccc(C)cc1)[Si](C)(C)c1ccccc1. The Kier molecular flexibility index (Phi) is 8.78. The average Bonchev–Trinajstić information content (AvgIpc) is 2.77. The van der Waals surface area contributed by atoms with Gasteiger partial charge in [0.1, 0.15) is 0 Å². The zero-order valence-electron chi connectivity index (χ0n) is 19.1. The molecule has 0 aliphatic carbocycles. The van der Waals surface area contributed by atoms with Crippen molar-refractivity contribution in [1.82, 2.24) is 0 Å². The summed E-state index contributed by atoms with van der Waals surface area (Å²) in [5, 5.41) is 12.0. The van der Waals surface area contributed by atoms with Gasteiger partial charge in [0, 0.05) is 0 Å². The Morgan fingerprint density at radius 2 is 1.72 bits per heavy atom. The molecule has 0 saturated carbocycles. The van der Waals surface area contributed by atoms with Crippen LogP contribution in [0, 0.1) is 12.8 Å². The predicted molar refractivity (Wildman–Crippen MR) is 131 cm³/mol. The Balaban J connectivity index is 2.29. The van der Waals surface area contributed by atoms with Crippen molar-refractivity contribution < 1.29 is 23.1 Å². The van der Waals surface area contributed by atoms with Crippen LogP contribution in [0.4, 0.5) is 0 Å². The Morgan fingerprint density at radius 1 is 1.12 bits per heavy atom. The normalized spacial score (nSPS) is 15.2. The largest absolute Gasteiger partial charge is 0.469 e. The summed E-state index contributed by atoms with van der Waals surface area (Å²) in [6.45, 7) is 10.0. The molecule has 0 aromatic heterocycles. The van der Waals surface area contributed by atoms with Gasteiger partial charge in [0.2, 0.25) is 0 Å². The predicted octanol–water partition coefficient (Wildman–Crippen LogP) is 3.65. The second kappa shape index (κ2) is 10.9. The minimum atomic E-state index is -3.55. The molecule has 0 aliphatic heterocycles. The summed E-state index contributed by atoms with van der Waals surface area (Å²) in [5.41, 5.74) is 0.641. The highest BCUT2D eigenvalue weighted by Gasteiger charge is 2.43. The number of sulfone groups is 1. The molecule has 32 heavy (non-hydrogen) atoms. The first-order valence-electron chi connectivity index (χ1n) is 10.4. The second-order valence-electron chi connectivity index (χ2n) is 8.41. The molecule has 2 aromatic carbocycles. The van der Waals surface area contributed by atoms with Crippen molar-refractivity contribution in [3.63, 3.8) is 0 Å². The van der Waals surface area contributed by atoms with Gasteiger partial charge in [0.15, 0.2) is 9.84 Å². The Morgan fingerprint density at radius 3 is 2.25 bits per heavy atom. The minimum Gasteiger partial charge on any atom is -0.469 e. The number of allylic oxidation sites excluding steroid dienone is 1. The highest BCUT2D eigenvalue weighted by atomic mass is 32.2. The van der Waals surface area contributed by atoms with Gasteiger partial charge >= 0.3 is 5.97 Å². The lowest BCUT2D eigenvalue weighted by Gasteiger charge is -2.36. The molecule has 1 N–H and O–H groups in total. The van der Waals surface area contributed by atoms with Crippen LogP contribution in [-0.2, 0) is 19.4 Å². The van der Waals surface area contributed by atoms with Gasteiger partial charge in [0.25, 0.3) is 0 Å². The maximum absolute atomic E-state index is 12.7. The van der Waals surface area contributed by atoms with Crippen molar-refractivity contribution in [2.75, 3.05) is 12.9 Å². The van der Waals surface area contributed by atoms with E-state index >= 15 is 0 Å². The molecule has 0 saturated heterocycles. The molecule has 0 bridgehead atoms. The van der Waals surface area contributed by atoms with Gasteiger partial charge in [0.05, 0.1) is 37.9 Å². The third-order valence-electron chi connectivity index (χ3n) is 5.86. The van der Waals surface area contributed by atoms with Crippen molar-refractivity contribution in [2.45, 2.75) is 36.6 Å². The Bertz CT molecular complexity index is 1040. The second-order valence-corrected chi connectivity index (χ2v) is 15.1. The van der Waals surface area contributed by atoms with E-state index in [1.165, 1.54) is 19.3 Å². The van der Waals surface area contributed by atoms with E-state index in [0.717, 1.165) is 10.8 Å². The molecule has 2 aromatic rings. The van der Waals surface area contributed by atoms with Crippen LogP contribution in [-0.4, -0.2) is 46.5 Å². The number of ether oxygens (including phenoxy) is 1. The molecule has 0 spiro atoms. The van der Waals surface area contributed by atoms with Gasteiger partial charge in [-0.1, -0.05) is 84.5 Å². The van der Waals surface area contributed by atoms with Crippen molar-refractivity contribution in [3.8, 4) is 0 Å². The van der Waals surface area contributed by atoms with E-state index < -0.39 is 35.9 Å². The fourth-order valence-electron chi connectivity index (χ4n) is 3.87. The van der Waals surface area contributed by atoms with E-state index in [1.807, 2.05) is 37.3 Å². The minimum absolute atomic E-state index is 0.216. The third-order valence-corrected chi connectivity index (χ3v) is 11.6. The lowest BCUT2D eigenvalue weighted by atomic mass is 9.97. The molecule has 172 valence electrons. The molecule has 3 atom stereocenters. The van der Waals surface area contributed by atoms with E-state index in [2.05, 4.69) is 19.7 Å². The lowest BCUT2D eigenvalue weighted by Crippen LogP contribution is -2.51. The molecule has 0 amide bonds. The number of esters is 1. The molecule has 0 aliphatic rings. The topological polar surface area (TPSA) is 80.7 Å². The van der Waals surface area contributed by atoms with Gasteiger partial charge in [-0.2, -0.15) is 0 Å². The van der Waals surface area contributed by atoms with Crippen molar-refractivity contribution >= 4 is 29.1 Å². The molecule has 0 fully saturated rings. The summed E-state index contributed by atoms with van der Waals surface area (Å²) in [6, 6.07) is 16.5. The number of benzene rings is 2. The van der Waals surface area contributed by atoms with E-state index in [0.29, 0.717) is 0 Å². The summed E-state index contributed by atoms with van der Waals surface area (Å²) in [6.07, 6.45) is 3.27. The van der Waals surface area contributed by atoms with Gasteiger partial charge < -0.3 is 9.84 Å². The lowest BCUT2D eigenvalue weighted by molar-refractivity contribution is -0.148. The number of aliphatic hydroxyl groups is 1. The van der Waals surface area contributed by atoms with Crippen LogP contribution in [0.25, 0.3) is 0 Å². The zero-order chi connectivity index (χ0) is 23.9. The Labute approximate surface area is 192 Å². The highest BCUT2D eigenvalue weighted by molar-refractivity contribution is 7.91. The summed E-state index contributed by atoms with van der Waals surface area (Å²) in [5.74, 6) is -1.72. The van der Waals surface area contributed by atoms with E-state index in [1.54, 1.807) is 30.3 Å². The third kappa shape index (κ3) is 6.06. The van der Waals surface area contributed by atoms with Gasteiger partial charge in [-0.3, -0.25) is 4.79 Å². The van der Waals surface area contributed by atoms with Crippen LogP contribution in [0.15, 0.2) is 84.3 Å². The molecular formula is C25H32O5SSi. The maximum atomic E-state index is 12.7. The van der Waals surface area contributed by atoms with Crippen LogP contribution < -0.4 is 5.19 Å². The standard InChI is InChI=1S/C25H32O5SSi/c1-6-23(32(4,5)21-11-8-7-9-12-21)24(25(27)30-3)22(26)13-10-18-31(28,29)20-16-14-19(2)15-17-20/h6-17,22-24,26H,1,18H2,2-5H3/b13-10+/t22-,23+,24+/m0/s1. The number of carbonyl (C=O) groups excluding carboxylic acids is 1. The summed E-state index contributed by atoms with van der Waals surface area (Å²) in [7, 11) is -4.54. The maximum Gasteiger partial charge on any atom is 0.311 e. The Hall–Kier alpha value is -2.48. The fourth-order valence-corrected chi connectivity index (χ4v) is 8.23. The number of carbonyl (C=O) groups is 1. The zero-order valence-corrected chi connectivity index (χ0v) is 20.9. The molecular weight excluding hydrogens is 440 g/mol. The van der Waals surface area contributed by atoms with Gasteiger partial charge in [-0.25, -0.2) is 8.42 Å². The quantitative estimate of drug-likeness (QED) is 0.324. The van der Waals surface area contributed by atoms with E-state index in [-0.39, 0.29) is 16.2 Å². The van der Waals surface area contributed by atoms with Crippen LogP contribution in [0.1, 0.15) is 5.56 Å². The van der Waals surface area contributed by atoms with Crippen LogP contribution in [0.2, 0.25) is 18.6 Å². The van der Waals surface area contributed by atoms with Crippen LogP contribution in [0.3, 0.4) is 0 Å². The van der Waals surface area contributed by atoms with Crippen molar-refractivity contribution in [2.24, 2.45) is 5.92 Å². The molecule has 0 radical (unpaired) electrons. The average molecular weight is 473 g/mol. The van der Waals surface area contributed by atoms with Gasteiger partial charge in [-0.05, 0) is 24.6 Å².